The number of sulfone groups is 1. The van der Waals surface area contributed by atoms with Gasteiger partial charge in [-0.25, -0.2) is 13.1 Å². The van der Waals surface area contributed by atoms with Crippen molar-refractivity contribution in [2.24, 2.45) is 7.05 Å². The summed E-state index contributed by atoms with van der Waals surface area (Å²) < 4.78 is 28.1. The summed E-state index contributed by atoms with van der Waals surface area (Å²) in [5.41, 5.74) is 0. The fourth-order valence-electron chi connectivity index (χ4n) is 3.19. The molecule has 0 bridgehead atoms. The molecule has 1 atom stereocenters. The maximum atomic E-state index is 11.8. The largest absolute Gasteiger partial charge is 0.307 e. The van der Waals surface area contributed by atoms with Crippen LogP contribution >= 0.6 is 12.2 Å². The van der Waals surface area contributed by atoms with E-state index in [4.69, 9.17) is 12.2 Å². The van der Waals surface area contributed by atoms with Crippen LogP contribution in [0.15, 0.2) is 0 Å². The molecule has 1 aliphatic carbocycles. The molecule has 1 saturated heterocycles. The molecule has 3 rings (SSSR count). The Morgan fingerprint density at radius 1 is 1.36 bits per heavy atom. The highest BCUT2D eigenvalue weighted by atomic mass is 32.2. The van der Waals surface area contributed by atoms with E-state index in [0.29, 0.717) is 18.3 Å². The zero-order valence-corrected chi connectivity index (χ0v) is 14.9. The van der Waals surface area contributed by atoms with Crippen molar-refractivity contribution in [2.45, 2.75) is 51.2 Å². The zero-order valence-electron chi connectivity index (χ0n) is 13.2. The molecule has 22 heavy (non-hydrogen) atoms. The lowest BCUT2D eigenvalue weighted by Crippen LogP contribution is -2.38. The van der Waals surface area contributed by atoms with Gasteiger partial charge in [0.25, 0.3) is 0 Å². The Morgan fingerprint density at radius 2 is 2.09 bits per heavy atom. The monoisotopic (exact) mass is 344 g/mol. The molecule has 0 N–H and O–H groups in total. The third-order valence-electron chi connectivity index (χ3n) is 4.57. The molecule has 0 amide bonds. The first-order valence-corrected chi connectivity index (χ1v) is 10.2. The van der Waals surface area contributed by atoms with Crippen LogP contribution in [0.2, 0.25) is 0 Å². The van der Waals surface area contributed by atoms with E-state index in [1.165, 1.54) is 12.8 Å². The first kappa shape index (κ1) is 16.1. The Kier molecular flexibility index (Phi) is 4.44. The van der Waals surface area contributed by atoms with E-state index in [9.17, 15) is 8.42 Å². The number of hydrogen-bond donors (Lipinski definition) is 0. The molecule has 8 heteroatoms. The van der Waals surface area contributed by atoms with Crippen LogP contribution in [0.3, 0.4) is 0 Å². The average molecular weight is 345 g/mol. The summed E-state index contributed by atoms with van der Waals surface area (Å²) >= 11 is 5.50. The van der Waals surface area contributed by atoms with Crippen LogP contribution in [0.1, 0.15) is 44.3 Å². The second-order valence-corrected chi connectivity index (χ2v) is 9.08. The Labute approximate surface area is 137 Å². The normalized spacial score (nSPS) is 24.2. The Balaban J connectivity index is 1.79. The molecular formula is C14H24N4O2S2. The van der Waals surface area contributed by atoms with Crippen molar-refractivity contribution in [3.05, 3.63) is 10.6 Å². The van der Waals surface area contributed by atoms with Crippen LogP contribution in [0, 0.1) is 4.77 Å². The standard InChI is InChI=1S/C14H24N4O2S2/c1-3-7-17(12-6-8-22(19,20)9-12)10-18-14(21)16(2)13(15-18)11-4-5-11/h11-12H,3-10H2,1-2H3. The molecule has 1 unspecified atom stereocenters. The van der Waals surface area contributed by atoms with E-state index in [1.54, 1.807) is 0 Å². The Hall–Kier alpha value is -0.730. The second-order valence-electron chi connectivity index (χ2n) is 6.48. The third kappa shape index (κ3) is 3.28. The minimum Gasteiger partial charge on any atom is -0.307 e. The van der Waals surface area contributed by atoms with Crippen LogP contribution in [0.4, 0.5) is 0 Å². The van der Waals surface area contributed by atoms with Crippen molar-refractivity contribution in [3.63, 3.8) is 0 Å². The molecule has 1 saturated carbocycles. The molecule has 0 radical (unpaired) electrons. The first-order chi connectivity index (χ1) is 10.4. The van der Waals surface area contributed by atoms with Gasteiger partial charge in [-0.05, 0) is 44.4 Å². The lowest BCUT2D eigenvalue weighted by Gasteiger charge is -2.27. The van der Waals surface area contributed by atoms with E-state index in [0.717, 1.165) is 30.0 Å². The quantitative estimate of drug-likeness (QED) is 0.735. The molecule has 1 aromatic rings. The first-order valence-electron chi connectivity index (χ1n) is 7.99. The molecule has 124 valence electrons. The molecule has 2 fully saturated rings. The van der Waals surface area contributed by atoms with Crippen molar-refractivity contribution >= 4 is 22.1 Å². The van der Waals surface area contributed by atoms with Gasteiger partial charge < -0.3 is 4.57 Å². The second kappa shape index (κ2) is 6.05. The molecule has 1 aromatic heterocycles. The van der Waals surface area contributed by atoms with Crippen LogP contribution in [0.5, 0.6) is 0 Å². The van der Waals surface area contributed by atoms with Crippen molar-refractivity contribution < 1.29 is 8.42 Å². The minimum atomic E-state index is -2.87. The van der Waals surface area contributed by atoms with Crippen molar-refractivity contribution in [3.8, 4) is 0 Å². The predicted molar refractivity (Wildman–Crippen MR) is 88.1 cm³/mol. The topological polar surface area (TPSA) is 60.1 Å². The molecule has 2 heterocycles. The van der Waals surface area contributed by atoms with Crippen molar-refractivity contribution in [2.75, 3.05) is 18.1 Å². The highest BCUT2D eigenvalue weighted by Gasteiger charge is 2.33. The molecule has 6 nitrogen and oxygen atoms in total. The summed E-state index contributed by atoms with van der Waals surface area (Å²) in [7, 11) is -0.894. The number of nitrogens with zero attached hydrogens (tertiary/aromatic N) is 4. The SMILES string of the molecule is CCCN(Cn1nc(C2CC2)n(C)c1=S)C1CCS(=O)(=O)C1. The smallest absolute Gasteiger partial charge is 0.198 e. The highest BCUT2D eigenvalue weighted by Crippen LogP contribution is 2.38. The third-order valence-corrected chi connectivity index (χ3v) is 6.80. The van der Waals surface area contributed by atoms with Gasteiger partial charge >= 0.3 is 0 Å². The predicted octanol–water partition coefficient (Wildman–Crippen LogP) is 1.69. The van der Waals surface area contributed by atoms with E-state index in [2.05, 4.69) is 16.9 Å². The molecule has 2 aliphatic rings. The van der Waals surface area contributed by atoms with Gasteiger partial charge in [-0.15, -0.1) is 0 Å². The zero-order chi connectivity index (χ0) is 15.9. The molecule has 1 aliphatic heterocycles. The van der Waals surface area contributed by atoms with Crippen LogP contribution in [-0.4, -0.2) is 51.8 Å². The van der Waals surface area contributed by atoms with Crippen LogP contribution < -0.4 is 0 Å². The van der Waals surface area contributed by atoms with Gasteiger partial charge in [0.05, 0.1) is 18.2 Å². The van der Waals surface area contributed by atoms with Gasteiger partial charge in [-0.3, -0.25) is 4.90 Å². The molecule has 0 aromatic carbocycles. The van der Waals surface area contributed by atoms with Gasteiger partial charge in [0.1, 0.15) is 5.82 Å². The van der Waals surface area contributed by atoms with E-state index >= 15 is 0 Å². The summed E-state index contributed by atoms with van der Waals surface area (Å²) in [5, 5.41) is 4.69. The maximum absolute atomic E-state index is 11.8. The summed E-state index contributed by atoms with van der Waals surface area (Å²) in [6.45, 7) is 3.58. The fraction of sp³-hybridized carbons (Fsp3) is 0.857. The lowest BCUT2D eigenvalue weighted by molar-refractivity contribution is 0.155. The fourth-order valence-corrected chi connectivity index (χ4v) is 5.14. The van der Waals surface area contributed by atoms with Gasteiger partial charge in [0.2, 0.25) is 0 Å². The molecule has 0 spiro atoms. The number of rotatable bonds is 6. The average Bonchev–Trinajstić information content (AvgIpc) is 3.18. The van der Waals surface area contributed by atoms with Gasteiger partial charge in [-0.1, -0.05) is 6.92 Å². The summed E-state index contributed by atoms with van der Waals surface area (Å²) in [6.07, 6.45) is 4.10. The lowest BCUT2D eigenvalue weighted by atomic mass is 10.2. The van der Waals surface area contributed by atoms with Gasteiger partial charge in [-0.2, -0.15) is 5.10 Å². The molecular weight excluding hydrogens is 320 g/mol. The van der Waals surface area contributed by atoms with E-state index < -0.39 is 9.84 Å². The maximum Gasteiger partial charge on any atom is 0.198 e. The van der Waals surface area contributed by atoms with Crippen LogP contribution in [-0.2, 0) is 23.6 Å². The summed E-state index contributed by atoms with van der Waals surface area (Å²) in [5.74, 6) is 2.20. The van der Waals surface area contributed by atoms with Gasteiger partial charge in [0.15, 0.2) is 14.6 Å². The highest BCUT2D eigenvalue weighted by molar-refractivity contribution is 7.91. The van der Waals surface area contributed by atoms with Gasteiger partial charge in [0, 0.05) is 19.0 Å². The summed E-state index contributed by atoms with van der Waals surface area (Å²) in [4.78, 5) is 2.23. The van der Waals surface area contributed by atoms with Crippen molar-refractivity contribution in [1.29, 1.82) is 0 Å². The van der Waals surface area contributed by atoms with Crippen molar-refractivity contribution in [1.82, 2.24) is 19.2 Å². The summed E-state index contributed by atoms with van der Waals surface area (Å²) in [6, 6.07) is 0.0956. The number of hydrogen-bond acceptors (Lipinski definition) is 5. The minimum absolute atomic E-state index is 0.0956. The van der Waals surface area contributed by atoms with E-state index in [1.807, 2.05) is 16.3 Å². The Bertz CT molecular complexity index is 703. The van der Waals surface area contributed by atoms with E-state index in [-0.39, 0.29) is 11.8 Å². The Morgan fingerprint density at radius 3 is 2.64 bits per heavy atom. The van der Waals surface area contributed by atoms with Crippen LogP contribution in [0.25, 0.3) is 0 Å². The number of aromatic nitrogens is 3.